The molecule has 0 aliphatic heterocycles. The second kappa shape index (κ2) is 11.1. The van der Waals surface area contributed by atoms with E-state index < -0.39 is 11.2 Å². The molecule has 30 heavy (non-hydrogen) atoms. The van der Waals surface area contributed by atoms with Gasteiger partial charge in [0.1, 0.15) is 0 Å². The lowest BCUT2D eigenvalue weighted by atomic mass is 9.96. The van der Waals surface area contributed by atoms with Gasteiger partial charge in [-0.1, -0.05) is 71.8 Å². The second-order valence-corrected chi connectivity index (χ2v) is 7.24. The van der Waals surface area contributed by atoms with Crippen LogP contribution in [0, 0.1) is 13.8 Å². The Labute approximate surface area is 181 Å². The highest BCUT2D eigenvalue weighted by atomic mass is 35.5. The predicted molar refractivity (Wildman–Crippen MR) is 118 cm³/mol. The van der Waals surface area contributed by atoms with Crippen molar-refractivity contribution in [2.75, 3.05) is 0 Å². The average Bonchev–Trinajstić information content (AvgIpc) is 2.73. The molecule has 4 nitrogen and oxygen atoms in total. The van der Waals surface area contributed by atoms with E-state index in [0.29, 0.717) is 17.5 Å². The van der Waals surface area contributed by atoms with Crippen LogP contribution in [0.2, 0.25) is 0 Å². The van der Waals surface area contributed by atoms with Crippen molar-refractivity contribution < 1.29 is 19.5 Å². The first-order valence-electron chi connectivity index (χ1n) is 9.45. The van der Waals surface area contributed by atoms with E-state index in [2.05, 4.69) is 0 Å². The molecular formula is C25H23ClO4. The Bertz CT molecular complexity index is 1020. The van der Waals surface area contributed by atoms with Crippen LogP contribution in [0.15, 0.2) is 72.8 Å². The van der Waals surface area contributed by atoms with E-state index in [1.807, 2.05) is 56.3 Å². The van der Waals surface area contributed by atoms with Gasteiger partial charge < -0.3 is 5.11 Å². The van der Waals surface area contributed by atoms with Crippen LogP contribution in [-0.2, 0) is 11.2 Å². The summed E-state index contributed by atoms with van der Waals surface area (Å²) in [6, 6.07) is 21.9. The van der Waals surface area contributed by atoms with Gasteiger partial charge in [-0.2, -0.15) is 0 Å². The molecule has 0 saturated carbocycles. The van der Waals surface area contributed by atoms with Crippen molar-refractivity contribution >= 4 is 28.6 Å². The van der Waals surface area contributed by atoms with Gasteiger partial charge in [-0.3, -0.25) is 14.4 Å². The molecule has 0 spiro atoms. The van der Waals surface area contributed by atoms with E-state index in [-0.39, 0.29) is 17.8 Å². The molecule has 0 heterocycles. The number of rotatable bonds is 6. The summed E-state index contributed by atoms with van der Waals surface area (Å²) in [6.07, 6.45) is 0.834. The van der Waals surface area contributed by atoms with Crippen LogP contribution in [0.25, 0.3) is 0 Å². The van der Waals surface area contributed by atoms with Crippen LogP contribution in [0.3, 0.4) is 0 Å². The number of carboxylic acid groups (broad SMARTS) is 1. The smallest absolute Gasteiger partial charge is 0.303 e. The topological polar surface area (TPSA) is 71.4 Å². The number of carboxylic acids is 1. The second-order valence-electron chi connectivity index (χ2n) is 6.90. The SMILES string of the molecule is Cc1ccc(C(=O)c2cc(C)ccc2C(=O)Cl)cc1.O=C(O)CCc1ccccc1. The highest BCUT2D eigenvalue weighted by Gasteiger charge is 2.17. The number of hydrogen-bond acceptors (Lipinski definition) is 3. The number of aryl methyl sites for hydroxylation is 3. The van der Waals surface area contributed by atoms with Crippen LogP contribution in [0.5, 0.6) is 0 Å². The third kappa shape index (κ3) is 6.98. The number of benzene rings is 3. The summed E-state index contributed by atoms with van der Waals surface area (Å²) >= 11 is 5.53. The minimum absolute atomic E-state index is 0.187. The molecule has 0 aliphatic rings. The third-order valence-corrected chi connectivity index (χ3v) is 4.62. The Balaban J connectivity index is 0.000000248. The summed E-state index contributed by atoms with van der Waals surface area (Å²) in [5.41, 5.74) is 4.22. The van der Waals surface area contributed by atoms with Crippen molar-refractivity contribution in [2.24, 2.45) is 0 Å². The zero-order chi connectivity index (χ0) is 22.1. The Morgan fingerprint density at radius 1 is 0.800 bits per heavy atom. The summed E-state index contributed by atoms with van der Waals surface area (Å²) in [4.78, 5) is 34.0. The van der Waals surface area contributed by atoms with Gasteiger partial charge in [0, 0.05) is 23.1 Å². The van der Waals surface area contributed by atoms with Crippen molar-refractivity contribution in [3.63, 3.8) is 0 Å². The summed E-state index contributed by atoms with van der Waals surface area (Å²) in [5, 5.41) is 7.76. The molecule has 3 rings (SSSR count). The van der Waals surface area contributed by atoms with Gasteiger partial charge in [0.05, 0.1) is 0 Å². The number of aliphatic carboxylic acids is 1. The van der Waals surface area contributed by atoms with E-state index in [0.717, 1.165) is 16.7 Å². The number of hydrogen-bond donors (Lipinski definition) is 1. The molecule has 0 atom stereocenters. The summed E-state index contributed by atoms with van der Waals surface area (Å²) in [6.45, 7) is 3.82. The minimum Gasteiger partial charge on any atom is -0.481 e. The van der Waals surface area contributed by atoms with E-state index in [1.165, 1.54) is 0 Å². The van der Waals surface area contributed by atoms with Crippen molar-refractivity contribution in [3.05, 3.63) is 106 Å². The molecule has 3 aromatic rings. The van der Waals surface area contributed by atoms with Crippen molar-refractivity contribution in [1.82, 2.24) is 0 Å². The Hall–Kier alpha value is -3.24. The molecule has 0 aliphatic carbocycles. The third-order valence-electron chi connectivity index (χ3n) is 4.42. The first kappa shape index (κ1) is 23.0. The molecule has 0 saturated heterocycles. The fraction of sp³-hybridized carbons (Fsp3) is 0.160. The van der Waals surface area contributed by atoms with Crippen molar-refractivity contribution in [2.45, 2.75) is 26.7 Å². The molecule has 0 unspecified atom stereocenters. The van der Waals surface area contributed by atoms with Gasteiger partial charge in [0.25, 0.3) is 5.24 Å². The van der Waals surface area contributed by atoms with Crippen LogP contribution in [-0.4, -0.2) is 22.1 Å². The van der Waals surface area contributed by atoms with Gasteiger partial charge in [-0.15, -0.1) is 0 Å². The minimum atomic E-state index is -0.742. The normalized spacial score (nSPS) is 9.97. The van der Waals surface area contributed by atoms with Gasteiger partial charge in [0.15, 0.2) is 5.78 Å². The molecule has 154 valence electrons. The maximum atomic E-state index is 12.4. The maximum Gasteiger partial charge on any atom is 0.303 e. The van der Waals surface area contributed by atoms with Crippen molar-refractivity contribution in [3.8, 4) is 0 Å². The molecule has 1 N–H and O–H groups in total. The highest BCUT2D eigenvalue weighted by Crippen LogP contribution is 2.19. The molecular weight excluding hydrogens is 400 g/mol. The number of carbonyl (C=O) groups is 3. The van der Waals surface area contributed by atoms with Crippen LogP contribution >= 0.6 is 11.6 Å². The molecule has 0 fully saturated rings. The van der Waals surface area contributed by atoms with Gasteiger partial charge in [0.2, 0.25) is 0 Å². The summed E-state index contributed by atoms with van der Waals surface area (Å²) < 4.78 is 0. The molecule has 0 aromatic heterocycles. The Morgan fingerprint density at radius 2 is 1.40 bits per heavy atom. The van der Waals surface area contributed by atoms with Crippen LogP contribution in [0.1, 0.15) is 49.4 Å². The highest BCUT2D eigenvalue weighted by molar-refractivity contribution is 6.68. The molecule has 0 amide bonds. The lowest BCUT2D eigenvalue weighted by Gasteiger charge is -2.07. The summed E-state index contributed by atoms with van der Waals surface area (Å²) in [5.74, 6) is -0.929. The van der Waals surface area contributed by atoms with Gasteiger partial charge in [-0.25, -0.2) is 0 Å². The van der Waals surface area contributed by atoms with E-state index >= 15 is 0 Å². The average molecular weight is 423 g/mol. The Kier molecular flexibility index (Phi) is 8.51. The van der Waals surface area contributed by atoms with Crippen molar-refractivity contribution in [1.29, 1.82) is 0 Å². The standard InChI is InChI=1S/C16H13ClO2.C9H10O2/c1-10-3-6-12(7-4-10)15(18)14-9-11(2)5-8-13(14)16(17)19;10-9(11)7-6-8-4-2-1-3-5-8/h3-9H,1-2H3;1-5H,6-7H2,(H,10,11). The van der Waals surface area contributed by atoms with Gasteiger partial charge in [-0.05, 0) is 49.6 Å². The molecule has 5 heteroatoms. The fourth-order valence-corrected chi connectivity index (χ4v) is 2.94. The number of carbonyl (C=O) groups excluding carboxylic acids is 2. The zero-order valence-corrected chi connectivity index (χ0v) is 17.6. The lowest BCUT2D eigenvalue weighted by molar-refractivity contribution is -0.136. The maximum absolute atomic E-state index is 12.4. The first-order chi connectivity index (χ1) is 14.3. The van der Waals surface area contributed by atoms with Gasteiger partial charge >= 0.3 is 5.97 Å². The number of halogens is 1. The Morgan fingerprint density at radius 3 is 1.97 bits per heavy atom. The summed E-state index contributed by atoms with van der Waals surface area (Å²) in [7, 11) is 0. The largest absolute Gasteiger partial charge is 0.481 e. The lowest BCUT2D eigenvalue weighted by Crippen LogP contribution is -2.07. The number of ketones is 1. The quantitative estimate of drug-likeness (QED) is 0.413. The predicted octanol–water partition coefficient (Wildman–Crippen LogP) is 5.62. The molecule has 3 aromatic carbocycles. The van der Waals surface area contributed by atoms with Crippen LogP contribution in [0.4, 0.5) is 0 Å². The van der Waals surface area contributed by atoms with E-state index in [9.17, 15) is 14.4 Å². The van der Waals surface area contributed by atoms with E-state index in [1.54, 1.807) is 30.3 Å². The fourth-order valence-electron chi connectivity index (χ4n) is 2.77. The first-order valence-corrected chi connectivity index (χ1v) is 9.83. The monoisotopic (exact) mass is 422 g/mol. The van der Waals surface area contributed by atoms with E-state index in [4.69, 9.17) is 16.7 Å². The van der Waals surface area contributed by atoms with Crippen LogP contribution < -0.4 is 0 Å². The molecule has 0 bridgehead atoms. The zero-order valence-electron chi connectivity index (χ0n) is 16.9. The molecule has 0 radical (unpaired) electrons.